The van der Waals surface area contributed by atoms with Crippen molar-refractivity contribution >= 4 is 5.97 Å². The summed E-state index contributed by atoms with van der Waals surface area (Å²) in [5.41, 5.74) is 0.928. The van der Waals surface area contributed by atoms with Crippen molar-refractivity contribution in [1.82, 2.24) is 0 Å². The van der Waals surface area contributed by atoms with Crippen LogP contribution in [0.1, 0.15) is 17.9 Å². The maximum absolute atomic E-state index is 10.7. The van der Waals surface area contributed by atoms with E-state index < -0.39 is 5.97 Å². The van der Waals surface area contributed by atoms with Crippen molar-refractivity contribution in [3.05, 3.63) is 23.8 Å². The van der Waals surface area contributed by atoms with Crippen LogP contribution < -0.4 is 9.47 Å². The lowest BCUT2D eigenvalue weighted by Gasteiger charge is -2.07. The normalized spacial score (nSPS) is 17.4. The van der Waals surface area contributed by atoms with Gasteiger partial charge in [-0.3, -0.25) is 4.79 Å². The van der Waals surface area contributed by atoms with Crippen molar-refractivity contribution in [3.8, 4) is 11.5 Å². The Morgan fingerprint density at radius 3 is 3.12 bits per heavy atom. The Balaban J connectivity index is 2.11. The molecule has 0 saturated carbocycles. The molecule has 1 heterocycles. The highest BCUT2D eigenvalue weighted by molar-refractivity contribution is 5.68. The Morgan fingerprint density at radius 1 is 1.59 bits per heavy atom. The number of hydrogen-bond donors (Lipinski definition) is 1. The number of carboxylic acids is 1. The van der Waals surface area contributed by atoms with Gasteiger partial charge >= 0.3 is 5.97 Å². The number of carboxylic acid groups (broad SMARTS) is 1. The molecule has 5 heteroatoms. The molecule has 0 aliphatic carbocycles. The minimum atomic E-state index is -0.814. The predicted octanol–water partition coefficient (Wildman–Crippen LogP) is 1.62. The Bertz CT molecular complexity index is 415. The molecule has 5 nitrogen and oxygen atoms in total. The second kappa shape index (κ2) is 5.05. The SMILES string of the molecule is COCOc1ccc2c(c1)OC[C@H]2CC(=O)O. The third kappa shape index (κ3) is 2.68. The summed E-state index contributed by atoms with van der Waals surface area (Å²) in [5, 5.41) is 8.77. The quantitative estimate of drug-likeness (QED) is 0.789. The van der Waals surface area contributed by atoms with Crippen molar-refractivity contribution in [2.24, 2.45) is 0 Å². The molecule has 1 aliphatic rings. The Morgan fingerprint density at radius 2 is 2.41 bits per heavy atom. The molecular formula is C12H14O5. The molecule has 0 saturated heterocycles. The molecule has 17 heavy (non-hydrogen) atoms. The van der Waals surface area contributed by atoms with Gasteiger partial charge in [0.05, 0.1) is 13.0 Å². The van der Waals surface area contributed by atoms with Gasteiger partial charge in [0.2, 0.25) is 0 Å². The molecule has 1 atom stereocenters. The van der Waals surface area contributed by atoms with E-state index in [0.717, 1.165) is 5.56 Å². The average Bonchev–Trinajstić information content (AvgIpc) is 2.68. The van der Waals surface area contributed by atoms with Crippen molar-refractivity contribution in [2.45, 2.75) is 12.3 Å². The van der Waals surface area contributed by atoms with Gasteiger partial charge in [0.15, 0.2) is 6.79 Å². The second-order valence-electron chi connectivity index (χ2n) is 3.86. The number of carbonyl (C=O) groups is 1. The van der Waals surface area contributed by atoms with E-state index >= 15 is 0 Å². The molecule has 1 aromatic rings. The minimum absolute atomic E-state index is 0.0704. The van der Waals surface area contributed by atoms with Crippen molar-refractivity contribution in [1.29, 1.82) is 0 Å². The Labute approximate surface area is 98.9 Å². The molecule has 0 spiro atoms. The van der Waals surface area contributed by atoms with E-state index in [0.29, 0.717) is 18.1 Å². The van der Waals surface area contributed by atoms with Gasteiger partial charge in [0.1, 0.15) is 11.5 Å². The van der Waals surface area contributed by atoms with Gasteiger partial charge in [-0.15, -0.1) is 0 Å². The van der Waals surface area contributed by atoms with Crippen molar-refractivity contribution < 1.29 is 24.1 Å². The summed E-state index contributed by atoms with van der Waals surface area (Å²) in [6, 6.07) is 5.40. The number of benzene rings is 1. The van der Waals surface area contributed by atoms with E-state index in [4.69, 9.17) is 19.3 Å². The summed E-state index contributed by atoms with van der Waals surface area (Å²) in [6.45, 7) is 0.590. The third-order valence-corrected chi connectivity index (χ3v) is 2.63. The highest BCUT2D eigenvalue weighted by Gasteiger charge is 2.26. The molecule has 1 N–H and O–H groups in total. The van der Waals surface area contributed by atoms with Crippen LogP contribution in [-0.2, 0) is 9.53 Å². The summed E-state index contributed by atoms with van der Waals surface area (Å²) in [4.78, 5) is 10.7. The zero-order chi connectivity index (χ0) is 12.3. The number of methoxy groups -OCH3 is 1. The monoisotopic (exact) mass is 238 g/mol. The number of hydrogen-bond acceptors (Lipinski definition) is 4. The zero-order valence-corrected chi connectivity index (χ0v) is 9.51. The molecule has 0 aromatic heterocycles. The fourth-order valence-electron chi connectivity index (χ4n) is 1.85. The van der Waals surface area contributed by atoms with E-state index in [1.165, 1.54) is 0 Å². The van der Waals surface area contributed by atoms with E-state index in [1.807, 2.05) is 6.07 Å². The zero-order valence-electron chi connectivity index (χ0n) is 9.51. The van der Waals surface area contributed by atoms with E-state index in [2.05, 4.69) is 0 Å². The lowest BCUT2D eigenvalue weighted by atomic mass is 9.98. The minimum Gasteiger partial charge on any atom is -0.492 e. The van der Waals surface area contributed by atoms with Gasteiger partial charge in [-0.2, -0.15) is 0 Å². The molecule has 92 valence electrons. The summed E-state index contributed by atoms with van der Waals surface area (Å²) in [7, 11) is 1.55. The van der Waals surface area contributed by atoms with Crippen molar-refractivity contribution in [2.75, 3.05) is 20.5 Å². The first-order valence-electron chi connectivity index (χ1n) is 5.31. The summed E-state index contributed by atoms with van der Waals surface area (Å²) < 4.78 is 15.5. The van der Waals surface area contributed by atoms with Gasteiger partial charge in [-0.1, -0.05) is 6.07 Å². The molecule has 0 fully saturated rings. The van der Waals surface area contributed by atoms with Gasteiger partial charge in [0.25, 0.3) is 0 Å². The molecular weight excluding hydrogens is 224 g/mol. The largest absolute Gasteiger partial charge is 0.492 e. The third-order valence-electron chi connectivity index (χ3n) is 2.63. The van der Waals surface area contributed by atoms with Crippen LogP contribution in [0.15, 0.2) is 18.2 Å². The van der Waals surface area contributed by atoms with Gasteiger partial charge < -0.3 is 19.3 Å². The Hall–Kier alpha value is -1.75. The average molecular weight is 238 g/mol. The van der Waals surface area contributed by atoms with Gasteiger partial charge in [-0.05, 0) is 6.07 Å². The topological polar surface area (TPSA) is 65.0 Å². The fourth-order valence-corrected chi connectivity index (χ4v) is 1.85. The number of aliphatic carboxylic acids is 1. The molecule has 2 rings (SSSR count). The standard InChI is InChI=1S/C12H14O5/c1-15-7-17-9-2-3-10-8(4-12(13)14)6-16-11(10)5-9/h2-3,5,8H,4,6-7H2,1H3,(H,13,14)/t8-/m1/s1. The van der Waals surface area contributed by atoms with Gasteiger partial charge in [0, 0.05) is 24.7 Å². The molecule has 0 bridgehead atoms. The molecule has 1 aliphatic heterocycles. The first kappa shape index (κ1) is 11.7. The van der Waals surface area contributed by atoms with Crippen LogP contribution in [0.4, 0.5) is 0 Å². The van der Waals surface area contributed by atoms with Gasteiger partial charge in [-0.25, -0.2) is 0 Å². The van der Waals surface area contributed by atoms with Crippen LogP contribution in [0.3, 0.4) is 0 Å². The van der Waals surface area contributed by atoms with E-state index in [1.54, 1.807) is 19.2 Å². The van der Waals surface area contributed by atoms with Crippen LogP contribution in [0.2, 0.25) is 0 Å². The lowest BCUT2D eigenvalue weighted by molar-refractivity contribution is -0.137. The first-order valence-corrected chi connectivity index (χ1v) is 5.31. The van der Waals surface area contributed by atoms with Crippen LogP contribution in [0.5, 0.6) is 11.5 Å². The van der Waals surface area contributed by atoms with Crippen molar-refractivity contribution in [3.63, 3.8) is 0 Å². The predicted molar refractivity (Wildman–Crippen MR) is 59.4 cm³/mol. The highest BCUT2D eigenvalue weighted by atomic mass is 16.7. The smallest absolute Gasteiger partial charge is 0.304 e. The van der Waals surface area contributed by atoms with Crippen LogP contribution in [0, 0.1) is 0 Å². The van der Waals surface area contributed by atoms with E-state index in [-0.39, 0.29) is 19.1 Å². The molecule has 0 radical (unpaired) electrons. The highest BCUT2D eigenvalue weighted by Crippen LogP contribution is 2.38. The molecule has 0 unspecified atom stereocenters. The number of rotatable bonds is 5. The summed E-state index contributed by atoms with van der Waals surface area (Å²) in [5.74, 6) is 0.469. The molecule has 0 amide bonds. The summed E-state index contributed by atoms with van der Waals surface area (Å²) in [6.07, 6.45) is 0.0886. The van der Waals surface area contributed by atoms with Crippen LogP contribution >= 0.6 is 0 Å². The first-order chi connectivity index (χ1) is 8.20. The lowest BCUT2D eigenvalue weighted by Crippen LogP contribution is -2.07. The summed E-state index contributed by atoms with van der Waals surface area (Å²) >= 11 is 0. The second-order valence-corrected chi connectivity index (χ2v) is 3.86. The Kier molecular flexibility index (Phi) is 3.49. The maximum atomic E-state index is 10.7. The van der Waals surface area contributed by atoms with Crippen LogP contribution in [-0.4, -0.2) is 31.6 Å². The van der Waals surface area contributed by atoms with E-state index in [9.17, 15) is 4.79 Å². The van der Waals surface area contributed by atoms with Crippen LogP contribution in [0.25, 0.3) is 0 Å². The maximum Gasteiger partial charge on any atom is 0.304 e. The fraction of sp³-hybridized carbons (Fsp3) is 0.417. The molecule has 1 aromatic carbocycles. The number of fused-ring (bicyclic) bond motifs is 1. The number of ether oxygens (including phenoxy) is 3.